The van der Waals surface area contributed by atoms with E-state index in [0.29, 0.717) is 64.5 Å². The van der Waals surface area contributed by atoms with Gasteiger partial charge in [0, 0.05) is 12.8 Å². The first kappa shape index (κ1) is 48.0. The molecule has 55 heavy (non-hydrogen) atoms. The highest BCUT2D eigenvalue weighted by atomic mass is 28.5. The van der Waals surface area contributed by atoms with Crippen molar-refractivity contribution in [2.75, 3.05) is 24.7 Å². The summed E-state index contributed by atoms with van der Waals surface area (Å²) in [6.07, 6.45) is 4.91. The molecule has 0 spiro atoms. The van der Waals surface area contributed by atoms with Gasteiger partial charge >= 0.3 is 17.1 Å². The van der Waals surface area contributed by atoms with E-state index in [9.17, 15) is 5.11 Å². The molecule has 0 aliphatic carbocycles. The summed E-state index contributed by atoms with van der Waals surface area (Å²) < 4.78 is 36.9. The molecule has 4 aromatic rings. The average Bonchev–Trinajstić information content (AvgIpc) is 3.86. The van der Waals surface area contributed by atoms with Gasteiger partial charge < -0.3 is 44.1 Å². The van der Waals surface area contributed by atoms with Crippen LogP contribution in [0, 0.1) is 0 Å². The van der Waals surface area contributed by atoms with Crippen molar-refractivity contribution in [1.29, 1.82) is 0 Å². The first-order chi connectivity index (χ1) is 24.2. The number of aliphatic hydroxyl groups is 2. The van der Waals surface area contributed by atoms with Crippen molar-refractivity contribution in [3.05, 3.63) is 25.3 Å². The van der Waals surface area contributed by atoms with Crippen LogP contribution in [0.4, 0.5) is 11.6 Å². The molecule has 0 unspecified atom stereocenters. The van der Waals surface area contributed by atoms with E-state index in [4.69, 9.17) is 39.0 Å². The Hall–Kier alpha value is -3.15. The molecular weight excluding hydrogens is 741 g/mol. The number of hydrogen-bond acceptors (Lipinski definition) is 15. The fraction of sp³-hybridized carbons (Fsp3) is 0.722. The van der Waals surface area contributed by atoms with Crippen molar-refractivity contribution >= 4 is 51.1 Å². The fourth-order valence-corrected chi connectivity index (χ4v) is 18.7. The molecule has 3 aliphatic heterocycles. The lowest BCUT2D eigenvalue weighted by Crippen LogP contribution is -2.65. The van der Waals surface area contributed by atoms with Crippen LogP contribution in [-0.2, 0) is 22.4 Å². The molecule has 3 fully saturated rings. The van der Waals surface area contributed by atoms with Crippen LogP contribution in [0.3, 0.4) is 0 Å². The van der Waals surface area contributed by atoms with Crippen molar-refractivity contribution in [1.82, 2.24) is 39.0 Å². The molecule has 3 aliphatic rings. The number of hydrogen-bond donors (Lipinski definition) is 4. The van der Waals surface area contributed by atoms with Gasteiger partial charge in [-0.1, -0.05) is 85.1 Å². The Morgan fingerprint density at radius 2 is 1.16 bits per heavy atom. The monoisotopic (exact) mass is 808 g/mol. The van der Waals surface area contributed by atoms with Crippen molar-refractivity contribution < 1.29 is 32.7 Å². The minimum Gasteiger partial charge on any atom is -0.414 e. The fourth-order valence-electron chi connectivity index (χ4n) is 7.52. The maximum Gasteiger partial charge on any atom is 0.335 e. The molecular formula is C36H68N10O7Si2. The normalized spacial score (nSPS) is 25.6. The summed E-state index contributed by atoms with van der Waals surface area (Å²) in [5.74, 6) is 0.669. The van der Waals surface area contributed by atoms with Crippen LogP contribution < -0.4 is 11.5 Å². The number of nitrogens with two attached hydrogens (primary N) is 2. The zero-order valence-corrected chi connectivity index (χ0v) is 32.6. The zero-order chi connectivity index (χ0) is 36.8. The van der Waals surface area contributed by atoms with E-state index < -0.39 is 35.6 Å². The predicted octanol–water partition coefficient (Wildman–Crippen LogP) is 6.25. The number of aromatic nitrogens is 8. The average molecular weight is 809 g/mol. The lowest BCUT2D eigenvalue weighted by molar-refractivity contribution is -0.0544. The summed E-state index contributed by atoms with van der Waals surface area (Å²) >= 11 is 0. The van der Waals surface area contributed by atoms with Gasteiger partial charge in [-0.25, -0.2) is 29.9 Å². The Kier molecular flexibility index (Phi) is 16.5. The highest BCUT2D eigenvalue weighted by Gasteiger charge is 2.60. The topological polar surface area (TPSA) is 226 Å². The zero-order valence-electron chi connectivity index (χ0n) is 30.6. The maximum atomic E-state index is 9.71. The van der Waals surface area contributed by atoms with E-state index in [1.165, 1.54) is 12.7 Å². The number of imidazole rings is 2. The summed E-state index contributed by atoms with van der Waals surface area (Å²) in [7, 11) is -5.24. The van der Waals surface area contributed by atoms with E-state index >= 15 is 0 Å². The third-order valence-corrected chi connectivity index (χ3v) is 20.6. The van der Waals surface area contributed by atoms with Gasteiger partial charge in [-0.05, 0) is 22.2 Å². The van der Waals surface area contributed by atoms with Crippen LogP contribution in [0.1, 0.15) is 110 Å². The molecule has 0 saturated carbocycles. The summed E-state index contributed by atoms with van der Waals surface area (Å²) in [5.41, 5.74) is 15.2. The van der Waals surface area contributed by atoms with Gasteiger partial charge in [0.15, 0.2) is 22.9 Å². The number of nitrogens with zero attached hydrogens (tertiary/aromatic N) is 8. The predicted molar refractivity (Wildman–Crippen MR) is 220 cm³/mol. The van der Waals surface area contributed by atoms with Crippen LogP contribution >= 0.6 is 0 Å². The van der Waals surface area contributed by atoms with Gasteiger partial charge in [-0.3, -0.25) is 9.13 Å². The largest absolute Gasteiger partial charge is 0.414 e. The molecule has 0 radical (unpaired) electrons. The maximum absolute atomic E-state index is 9.71. The Balaban J connectivity index is 0.000000406. The van der Waals surface area contributed by atoms with Gasteiger partial charge in [0.2, 0.25) is 0 Å². The Bertz CT molecular complexity index is 1790. The SMILES string of the molecule is C.C.C.C.CC(C)[Si]1(C(C)C)OC[C@@H]2O[C@H](n3cnc4c(N)ncnc43)C[C@@H]2O[Si](C(C)C)(C(C)C)O1.Nc1ncnc2c1ncn2[C@@H]1C[C@H](O)[C@H](CO)O1. The van der Waals surface area contributed by atoms with E-state index in [1.54, 1.807) is 17.2 Å². The number of rotatable bonds is 7. The first-order valence-corrected chi connectivity index (χ1v) is 21.6. The van der Waals surface area contributed by atoms with Crippen LogP contribution in [0.2, 0.25) is 22.2 Å². The summed E-state index contributed by atoms with van der Waals surface area (Å²) in [6, 6.07) is 0. The third kappa shape index (κ3) is 8.74. The Morgan fingerprint density at radius 3 is 1.60 bits per heavy atom. The Morgan fingerprint density at radius 1 is 0.691 bits per heavy atom. The molecule has 7 rings (SSSR count). The smallest absolute Gasteiger partial charge is 0.335 e. The molecule has 3 saturated heterocycles. The van der Waals surface area contributed by atoms with Crippen molar-refractivity contribution in [3.8, 4) is 0 Å². The molecule has 0 aromatic carbocycles. The minimum absolute atomic E-state index is 0. The molecule has 19 heteroatoms. The summed E-state index contributed by atoms with van der Waals surface area (Å²) in [4.78, 5) is 25.0. The van der Waals surface area contributed by atoms with Crippen LogP contribution in [0.5, 0.6) is 0 Å². The van der Waals surface area contributed by atoms with Crippen LogP contribution in [-0.4, -0.2) is 104 Å². The lowest BCUT2D eigenvalue weighted by Gasteiger charge is -2.51. The van der Waals surface area contributed by atoms with E-state index in [1.807, 2.05) is 4.57 Å². The van der Waals surface area contributed by atoms with Crippen molar-refractivity contribution in [2.24, 2.45) is 0 Å². The summed E-state index contributed by atoms with van der Waals surface area (Å²) in [6.45, 7) is 18.1. The van der Waals surface area contributed by atoms with Gasteiger partial charge in [0.05, 0.1) is 38.1 Å². The summed E-state index contributed by atoms with van der Waals surface area (Å²) in [5, 5.41) is 18.8. The molecule has 7 heterocycles. The van der Waals surface area contributed by atoms with Crippen LogP contribution in [0.15, 0.2) is 25.3 Å². The molecule has 0 bridgehead atoms. The molecule has 17 nitrogen and oxygen atoms in total. The highest BCUT2D eigenvalue weighted by molar-refractivity contribution is 6.84. The van der Waals surface area contributed by atoms with Gasteiger partial charge in [-0.15, -0.1) is 0 Å². The van der Waals surface area contributed by atoms with E-state index in [-0.39, 0.29) is 65.8 Å². The van der Waals surface area contributed by atoms with Gasteiger partial charge in [0.25, 0.3) is 0 Å². The minimum atomic E-state index is -2.66. The van der Waals surface area contributed by atoms with E-state index in [2.05, 4.69) is 85.3 Å². The molecule has 6 N–H and O–H groups in total. The standard InChI is InChI=1S/C22H39N5O4Si2.C10H13N5O3.4CH4/c1-13(2)32(14(3)4)28-10-18-17(30-33(31-32,15(5)6)16(7)8)9-19(29-18)27-12-26-20-21(23)24-11-25-22(20)27;11-9-8-10(13-3-12-9)15(4-14-8)7-1-5(17)6(2-16)18-7;;;;/h11-19H,9-10H2,1-8H3,(H2,23,24,25);3-7,16-17H,1-2H2,(H2,11,12,13);4*1H4/t17-,18-,19-;5-,6-,7-;;;;/m00..../s1. The van der Waals surface area contributed by atoms with Gasteiger partial charge in [0.1, 0.15) is 48.4 Å². The molecule has 4 aromatic heterocycles. The van der Waals surface area contributed by atoms with Crippen molar-refractivity contribution in [3.63, 3.8) is 0 Å². The number of aliphatic hydroxyl groups excluding tert-OH is 2. The molecule has 312 valence electrons. The molecule has 6 atom stereocenters. The second kappa shape index (κ2) is 18.9. The number of anilines is 2. The first-order valence-electron chi connectivity index (χ1n) is 17.7. The second-order valence-electron chi connectivity index (χ2n) is 14.8. The molecule has 0 amide bonds. The number of fused-ring (bicyclic) bond motifs is 3. The highest BCUT2D eigenvalue weighted by Crippen LogP contribution is 2.48. The third-order valence-electron chi connectivity index (χ3n) is 10.3. The van der Waals surface area contributed by atoms with Crippen LogP contribution in [0.25, 0.3) is 22.3 Å². The number of nitrogen functional groups attached to an aromatic ring is 2. The van der Waals surface area contributed by atoms with Crippen molar-refractivity contribution in [2.45, 2.75) is 157 Å². The lowest BCUT2D eigenvalue weighted by atomic mass is 10.2. The second-order valence-corrected chi connectivity index (χ2v) is 23.6. The number of ether oxygens (including phenoxy) is 2. The van der Waals surface area contributed by atoms with Gasteiger partial charge in [-0.2, -0.15) is 0 Å². The van der Waals surface area contributed by atoms with E-state index in [0.717, 1.165) is 0 Å². The Labute approximate surface area is 329 Å². The quantitative estimate of drug-likeness (QED) is 0.152.